The van der Waals surface area contributed by atoms with E-state index in [1.54, 1.807) is 19.9 Å². The van der Waals surface area contributed by atoms with Gasteiger partial charge in [0.05, 0.1) is 11.5 Å². The molecule has 27 heavy (non-hydrogen) atoms. The Bertz CT molecular complexity index is 819. The maximum absolute atomic E-state index is 14.0. The maximum Gasteiger partial charge on any atom is 0.310 e. The van der Waals surface area contributed by atoms with Crippen molar-refractivity contribution in [3.8, 4) is 6.07 Å². The minimum Gasteiger partial charge on any atom is -0.460 e. The summed E-state index contributed by atoms with van der Waals surface area (Å²) in [7, 11) is 0. The second kappa shape index (κ2) is 7.87. The van der Waals surface area contributed by atoms with E-state index in [1.807, 2.05) is 0 Å². The number of hydrogen-bond donors (Lipinski definition) is 1. The lowest BCUT2D eigenvalue weighted by Crippen LogP contribution is -2.15. The zero-order valence-electron chi connectivity index (χ0n) is 14.5. The summed E-state index contributed by atoms with van der Waals surface area (Å²) in [5.74, 6) is -8.58. The zero-order valence-corrected chi connectivity index (χ0v) is 15.2. The number of hydrogen-bond acceptors (Lipinski definition) is 4. The van der Waals surface area contributed by atoms with Gasteiger partial charge in [-0.25, -0.2) is 17.6 Å². The van der Waals surface area contributed by atoms with Crippen molar-refractivity contribution in [2.24, 2.45) is 17.3 Å². The predicted molar refractivity (Wildman–Crippen MR) is 87.2 cm³/mol. The summed E-state index contributed by atoms with van der Waals surface area (Å²) < 4.78 is 60.6. The van der Waals surface area contributed by atoms with Crippen LogP contribution in [-0.2, 0) is 22.6 Å². The summed E-state index contributed by atoms with van der Waals surface area (Å²) in [4.78, 5) is 12.2. The molecule has 1 aromatic carbocycles. The fourth-order valence-electron chi connectivity index (χ4n) is 3.05. The van der Waals surface area contributed by atoms with Crippen molar-refractivity contribution in [3.63, 3.8) is 0 Å². The van der Waals surface area contributed by atoms with E-state index < -0.39 is 77.3 Å². The molecule has 1 aromatic rings. The highest BCUT2D eigenvalue weighted by Gasteiger charge is 2.61. The molecule has 0 saturated heterocycles. The van der Waals surface area contributed by atoms with Crippen molar-refractivity contribution in [3.05, 3.63) is 45.5 Å². The maximum atomic E-state index is 14.0. The molecule has 0 aromatic heterocycles. The van der Waals surface area contributed by atoms with Gasteiger partial charge in [-0.05, 0) is 11.3 Å². The number of nitriles is 1. The number of nitrogens with zero attached hydrogens (tertiary/aromatic N) is 1. The standard InChI is InChI=1S/C18H16ClF4NO3/c1-18(2)11(5-8(19)6-24)12(18)17(26)27-7-10-15(22)13(20)9(3-4-25)14(21)16(10)23/h5,11-12,25H,3-4,7H2,1-2H3/b8-5+/t11-,12-/m0/s1. The number of esters is 1. The third-order valence-corrected chi connectivity index (χ3v) is 4.97. The van der Waals surface area contributed by atoms with Crippen LogP contribution in [0.3, 0.4) is 0 Å². The number of carbonyl (C=O) groups is 1. The van der Waals surface area contributed by atoms with Crippen LogP contribution in [0.25, 0.3) is 0 Å². The molecule has 0 unspecified atom stereocenters. The molecular formula is C18H16ClF4NO3. The lowest BCUT2D eigenvalue weighted by Gasteiger charge is -2.12. The average Bonchev–Trinajstić information content (AvgIpc) is 3.16. The van der Waals surface area contributed by atoms with Crippen LogP contribution in [0.15, 0.2) is 11.1 Å². The minimum atomic E-state index is -1.68. The summed E-state index contributed by atoms with van der Waals surface area (Å²) in [5.41, 5.74) is -2.56. The molecule has 0 radical (unpaired) electrons. The highest BCUT2D eigenvalue weighted by atomic mass is 35.5. The first-order chi connectivity index (χ1) is 12.6. The number of allylic oxidation sites excluding steroid dienone is 2. The molecule has 1 saturated carbocycles. The number of carbonyl (C=O) groups excluding carboxylic acids is 1. The van der Waals surface area contributed by atoms with Crippen molar-refractivity contribution >= 4 is 17.6 Å². The van der Waals surface area contributed by atoms with Crippen LogP contribution >= 0.6 is 11.6 Å². The molecule has 9 heteroatoms. The van der Waals surface area contributed by atoms with Gasteiger partial charge in [-0.15, -0.1) is 0 Å². The van der Waals surface area contributed by atoms with E-state index in [0.29, 0.717) is 0 Å². The van der Waals surface area contributed by atoms with Crippen molar-refractivity contribution in [1.82, 2.24) is 0 Å². The topological polar surface area (TPSA) is 70.3 Å². The van der Waals surface area contributed by atoms with Crippen molar-refractivity contribution in [2.45, 2.75) is 26.9 Å². The first kappa shape index (κ1) is 21.2. The van der Waals surface area contributed by atoms with Crippen LogP contribution in [0.1, 0.15) is 25.0 Å². The Morgan fingerprint density at radius 2 is 1.74 bits per heavy atom. The highest BCUT2D eigenvalue weighted by Crippen LogP contribution is 2.60. The molecule has 1 N–H and O–H groups in total. The van der Waals surface area contributed by atoms with Crippen LogP contribution in [0.2, 0.25) is 0 Å². The summed E-state index contributed by atoms with van der Waals surface area (Å²) in [5, 5.41) is 17.3. The van der Waals surface area contributed by atoms with E-state index in [0.717, 1.165) is 0 Å². The van der Waals surface area contributed by atoms with Gasteiger partial charge in [-0.2, -0.15) is 5.26 Å². The predicted octanol–water partition coefficient (Wildman–Crippen LogP) is 3.74. The molecule has 2 rings (SSSR count). The quantitative estimate of drug-likeness (QED) is 0.339. The van der Waals surface area contributed by atoms with Gasteiger partial charge >= 0.3 is 5.97 Å². The summed E-state index contributed by atoms with van der Waals surface area (Å²) in [6.45, 7) is 1.73. The SMILES string of the molecule is CC1(C)[C@H](C(=O)OCc2c(F)c(F)c(CCO)c(F)c2F)[C@@H]1/C=C(/Cl)C#N. The third kappa shape index (κ3) is 3.94. The second-order valence-corrected chi connectivity index (χ2v) is 7.15. The number of halogens is 5. The normalized spacial score (nSPS) is 20.9. The Kier molecular flexibility index (Phi) is 6.17. The van der Waals surface area contributed by atoms with Crippen LogP contribution in [-0.4, -0.2) is 17.7 Å². The lowest BCUT2D eigenvalue weighted by atomic mass is 10.1. The van der Waals surface area contributed by atoms with Crippen molar-refractivity contribution in [2.75, 3.05) is 6.61 Å². The molecule has 1 fully saturated rings. The van der Waals surface area contributed by atoms with E-state index in [2.05, 4.69) is 0 Å². The number of aliphatic hydroxyl groups excluding tert-OH is 1. The first-order valence-corrected chi connectivity index (χ1v) is 8.34. The van der Waals surface area contributed by atoms with Crippen molar-refractivity contribution < 1.29 is 32.2 Å². The van der Waals surface area contributed by atoms with Gasteiger partial charge < -0.3 is 9.84 Å². The van der Waals surface area contributed by atoms with E-state index >= 15 is 0 Å². The molecule has 0 amide bonds. The molecule has 0 heterocycles. The Labute approximate surface area is 158 Å². The smallest absolute Gasteiger partial charge is 0.310 e. The van der Waals surface area contributed by atoms with Gasteiger partial charge in [0.1, 0.15) is 17.7 Å². The molecule has 1 aliphatic carbocycles. The summed E-state index contributed by atoms with van der Waals surface area (Å²) in [6.07, 6.45) is 0.785. The zero-order chi connectivity index (χ0) is 20.5. The molecule has 146 valence electrons. The highest BCUT2D eigenvalue weighted by molar-refractivity contribution is 6.31. The number of rotatable bonds is 6. The molecule has 1 aliphatic rings. The first-order valence-electron chi connectivity index (χ1n) is 7.96. The van der Waals surface area contributed by atoms with Crippen LogP contribution < -0.4 is 0 Å². The largest absolute Gasteiger partial charge is 0.460 e. The molecular weight excluding hydrogens is 390 g/mol. The van der Waals surface area contributed by atoms with Gasteiger partial charge in [0, 0.05) is 18.6 Å². The van der Waals surface area contributed by atoms with Gasteiger partial charge in [0.2, 0.25) is 0 Å². The fourth-order valence-corrected chi connectivity index (χ4v) is 3.18. The van der Waals surface area contributed by atoms with Gasteiger partial charge in [0.15, 0.2) is 23.3 Å². The van der Waals surface area contributed by atoms with Gasteiger partial charge in [0.25, 0.3) is 0 Å². The average molecular weight is 406 g/mol. The van der Waals surface area contributed by atoms with E-state index in [4.69, 9.17) is 26.7 Å². The molecule has 0 aliphatic heterocycles. The van der Waals surface area contributed by atoms with E-state index in [9.17, 15) is 22.4 Å². The Morgan fingerprint density at radius 1 is 1.22 bits per heavy atom. The minimum absolute atomic E-state index is 0.107. The number of ether oxygens (including phenoxy) is 1. The summed E-state index contributed by atoms with van der Waals surface area (Å²) in [6, 6.07) is 1.71. The van der Waals surface area contributed by atoms with Gasteiger partial charge in [-0.3, -0.25) is 4.79 Å². The number of aliphatic hydroxyl groups is 1. The molecule has 0 spiro atoms. The van der Waals surface area contributed by atoms with E-state index in [1.165, 1.54) is 6.08 Å². The molecule has 2 atom stereocenters. The van der Waals surface area contributed by atoms with Crippen molar-refractivity contribution in [1.29, 1.82) is 5.26 Å². The van der Waals surface area contributed by atoms with Crippen LogP contribution in [0.5, 0.6) is 0 Å². The second-order valence-electron chi connectivity index (χ2n) is 6.75. The fraction of sp³-hybridized carbons (Fsp3) is 0.444. The third-order valence-electron chi connectivity index (χ3n) is 4.76. The molecule has 4 nitrogen and oxygen atoms in total. The Balaban J connectivity index is 2.18. The van der Waals surface area contributed by atoms with E-state index in [-0.39, 0.29) is 5.03 Å². The lowest BCUT2D eigenvalue weighted by molar-refractivity contribution is -0.147. The number of benzene rings is 1. The molecule has 0 bridgehead atoms. The summed E-state index contributed by atoms with van der Waals surface area (Å²) >= 11 is 5.63. The monoisotopic (exact) mass is 405 g/mol. The Morgan fingerprint density at radius 3 is 2.22 bits per heavy atom. The van der Waals surface area contributed by atoms with Crippen LogP contribution in [0.4, 0.5) is 17.6 Å². The van der Waals surface area contributed by atoms with Crippen LogP contribution in [0, 0.1) is 51.9 Å². The Hall–Kier alpha value is -2.11. The van der Waals surface area contributed by atoms with Gasteiger partial charge in [-0.1, -0.05) is 31.5 Å².